The Kier molecular flexibility index (Phi) is 6.68. The minimum atomic E-state index is -3.34. The van der Waals surface area contributed by atoms with Gasteiger partial charge >= 0.3 is 0 Å². The van der Waals surface area contributed by atoms with E-state index in [0.717, 1.165) is 36.0 Å². The number of hydrogen-bond donors (Lipinski definition) is 1. The van der Waals surface area contributed by atoms with E-state index < -0.39 is 9.84 Å². The van der Waals surface area contributed by atoms with Crippen molar-refractivity contribution in [1.29, 1.82) is 0 Å². The first kappa shape index (κ1) is 25.8. The fraction of sp³-hybridized carbons (Fsp3) is 0.423. The second-order valence-electron chi connectivity index (χ2n) is 9.80. The monoisotopic (exact) mass is 534 g/mol. The van der Waals surface area contributed by atoms with Gasteiger partial charge in [0.05, 0.1) is 39.8 Å². The SMILES string of the molecule is CC[C@@H](C)n1c(=O)c(NCc2ccc(S(C)(=O)=O)cn2)nc2c(C)nc(-c3c(C)ncnc3C3CC3)nc21. The van der Waals surface area contributed by atoms with E-state index in [4.69, 9.17) is 9.97 Å². The number of nitrogens with one attached hydrogen (secondary N) is 1. The maximum absolute atomic E-state index is 13.7. The molecule has 1 aliphatic rings. The minimum absolute atomic E-state index is 0.136. The summed E-state index contributed by atoms with van der Waals surface area (Å²) in [7, 11) is -3.34. The summed E-state index contributed by atoms with van der Waals surface area (Å²) in [6, 6.07) is 2.97. The number of aromatic nitrogens is 7. The Balaban J connectivity index is 1.59. The van der Waals surface area contributed by atoms with E-state index in [1.807, 2.05) is 27.7 Å². The number of rotatable bonds is 8. The Labute approximate surface area is 220 Å². The first-order valence-corrected chi connectivity index (χ1v) is 14.5. The number of sulfone groups is 1. The van der Waals surface area contributed by atoms with Crippen molar-refractivity contribution in [2.75, 3.05) is 11.6 Å². The fourth-order valence-corrected chi connectivity index (χ4v) is 4.94. The third-order valence-electron chi connectivity index (χ3n) is 6.86. The van der Waals surface area contributed by atoms with Gasteiger partial charge in [-0.15, -0.1) is 0 Å². The zero-order valence-corrected chi connectivity index (χ0v) is 22.9. The van der Waals surface area contributed by atoms with E-state index in [1.165, 1.54) is 12.3 Å². The van der Waals surface area contributed by atoms with Gasteiger partial charge in [-0.25, -0.2) is 33.3 Å². The molecule has 0 bridgehead atoms. The second-order valence-corrected chi connectivity index (χ2v) is 11.8. The number of nitrogens with zero attached hydrogens (tertiary/aromatic N) is 7. The molecule has 4 aromatic rings. The molecule has 1 saturated carbocycles. The molecule has 198 valence electrons. The summed E-state index contributed by atoms with van der Waals surface area (Å²) in [5.74, 6) is 1.04. The molecular weight excluding hydrogens is 504 g/mol. The van der Waals surface area contributed by atoms with Gasteiger partial charge in [0, 0.05) is 24.4 Å². The Morgan fingerprint density at radius 2 is 1.84 bits per heavy atom. The molecule has 5 rings (SSSR count). The lowest BCUT2D eigenvalue weighted by Gasteiger charge is -2.19. The van der Waals surface area contributed by atoms with Crippen LogP contribution in [0.15, 0.2) is 34.3 Å². The number of aryl methyl sites for hydroxylation is 2. The van der Waals surface area contributed by atoms with Crippen molar-refractivity contribution in [3.63, 3.8) is 0 Å². The molecule has 4 heterocycles. The van der Waals surface area contributed by atoms with E-state index in [-0.39, 0.29) is 28.9 Å². The molecule has 0 aromatic carbocycles. The van der Waals surface area contributed by atoms with Gasteiger partial charge in [-0.05, 0) is 52.2 Å². The molecule has 12 heteroatoms. The van der Waals surface area contributed by atoms with Crippen molar-refractivity contribution in [2.24, 2.45) is 0 Å². The molecule has 0 radical (unpaired) electrons. The Hall–Kier alpha value is -3.80. The highest BCUT2D eigenvalue weighted by atomic mass is 32.2. The largest absolute Gasteiger partial charge is 0.360 e. The molecule has 1 aliphatic carbocycles. The van der Waals surface area contributed by atoms with Crippen LogP contribution in [-0.2, 0) is 16.4 Å². The summed E-state index contributed by atoms with van der Waals surface area (Å²) < 4.78 is 25.1. The summed E-state index contributed by atoms with van der Waals surface area (Å²) in [5, 5.41) is 3.08. The van der Waals surface area contributed by atoms with Gasteiger partial charge in [-0.3, -0.25) is 14.3 Å². The first-order valence-electron chi connectivity index (χ1n) is 12.6. The van der Waals surface area contributed by atoms with Crippen LogP contribution in [0.4, 0.5) is 5.82 Å². The molecule has 1 atom stereocenters. The Bertz CT molecular complexity index is 1700. The molecule has 4 aromatic heterocycles. The highest BCUT2D eigenvalue weighted by molar-refractivity contribution is 7.90. The molecule has 1 fully saturated rings. The molecule has 38 heavy (non-hydrogen) atoms. The van der Waals surface area contributed by atoms with Crippen LogP contribution in [0.1, 0.15) is 67.8 Å². The van der Waals surface area contributed by atoms with Crippen molar-refractivity contribution in [3.05, 3.63) is 57.8 Å². The van der Waals surface area contributed by atoms with Gasteiger partial charge in [0.2, 0.25) is 0 Å². The smallest absolute Gasteiger partial charge is 0.295 e. The van der Waals surface area contributed by atoms with Crippen LogP contribution in [0.2, 0.25) is 0 Å². The molecule has 11 nitrogen and oxygen atoms in total. The maximum atomic E-state index is 13.7. The predicted octanol–water partition coefficient (Wildman–Crippen LogP) is 3.52. The highest BCUT2D eigenvalue weighted by Crippen LogP contribution is 2.43. The maximum Gasteiger partial charge on any atom is 0.295 e. The van der Waals surface area contributed by atoms with Gasteiger partial charge in [-0.2, -0.15) is 0 Å². The molecule has 1 N–H and O–H groups in total. The van der Waals surface area contributed by atoms with Gasteiger partial charge in [0.1, 0.15) is 11.8 Å². The Morgan fingerprint density at radius 3 is 2.47 bits per heavy atom. The quantitative estimate of drug-likeness (QED) is 0.356. The standard InChI is InChI=1S/C26H30N8O3S/c1-6-14(2)34-25-21(16(4)31-23(33-25)20-15(3)29-13-30-22(20)17-7-8-17)32-24(26(34)35)28-11-18-9-10-19(12-27-18)38(5,36)37/h9-10,12-14,17H,6-8,11H2,1-5H3,(H,28,32)/t14-/m1/s1. The lowest BCUT2D eigenvalue weighted by molar-refractivity contribution is 0.526. The van der Waals surface area contributed by atoms with Crippen molar-refractivity contribution < 1.29 is 8.42 Å². The van der Waals surface area contributed by atoms with Crippen molar-refractivity contribution in [3.8, 4) is 11.4 Å². The topological polar surface area (TPSA) is 146 Å². The van der Waals surface area contributed by atoms with Crippen molar-refractivity contribution in [1.82, 2.24) is 34.5 Å². The third-order valence-corrected chi connectivity index (χ3v) is 7.96. The summed E-state index contributed by atoms with van der Waals surface area (Å²) in [5.41, 5.74) is 4.50. The van der Waals surface area contributed by atoms with E-state index >= 15 is 0 Å². The lowest BCUT2D eigenvalue weighted by atomic mass is 10.1. The molecule has 0 unspecified atom stereocenters. The second kappa shape index (κ2) is 9.82. The molecule has 0 spiro atoms. The number of pyridine rings is 1. The zero-order chi connectivity index (χ0) is 27.2. The van der Waals surface area contributed by atoms with Gasteiger partial charge < -0.3 is 5.32 Å². The molecule has 0 amide bonds. The van der Waals surface area contributed by atoms with E-state index in [2.05, 4.69) is 25.3 Å². The summed E-state index contributed by atoms with van der Waals surface area (Å²) in [4.78, 5) is 41.2. The van der Waals surface area contributed by atoms with Crippen LogP contribution in [-0.4, -0.2) is 49.1 Å². The fourth-order valence-electron chi connectivity index (χ4n) is 4.38. The summed E-state index contributed by atoms with van der Waals surface area (Å²) in [6.45, 7) is 7.97. The van der Waals surface area contributed by atoms with Crippen LogP contribution in [0.3, 0.4) is 0 Å². The number of fused-ring (bicyclic) bond motifs is 1. The number of anilines is 1. The minimum Gasteiger partial charge on any atom is -0.360 e. The lowest BCUT2D eigenvalue weighted by Crippen LogP contribution is -2.29. The van der Waals surface area contributed by atoms with Crippen molar-refractivity contribution >= 4 is 26.8 Å². The van der Waals surface area contributed by atoms with Gasteiger partial charge in [0.15, 0.2) is 27.1 Å². The van der Waals surface area contributed by atoms with Gasteiger partial charge in [-0.1, -0.05) is 6.92 Å². The molecule has 0 aliphatic heterocycles. The average molecular weight is 535 g/mol. The highest BCUT2D eigenvalue weighted by Gasteiger charge is 2.30. The number of hydrogen-bond acceptors (Lipinski definition) is 10. The molecule has 0 saturated heterocycles. The zero-order valence-electron chi connectivity index (χ0n) is 22.1. The predicted molar refractivity (Wildman–Crippen MR) is 144 cm³/mol. The van der Waals surface area contributed by atoms with Crippen LogP contribution >= 0.6 is 0 Å². The Morgan fingerprint density at radius 1 is 1.08 bits per heavy atom. The molecular formula is C26H30N8O3S. The summed E-state index contributed by atoms with van der Waals surface area (Å²) in [6.07, 6.45) is 6.89. The summed E-state index contributed by atoms with van der Waals surface area (Å²) >= 11 is 0. The average Bonchev–Trinajstić information content (AvgIpc) is 3.72. The van der Waals surface area contributed by atoms with Crippen LogP contribution in [0, 0.1) is 13.8 Å². The van der Waals surface area contributed by atoms with E-state index in [0.29, 0.717) is 40.7 Å². The van der Waals surface area contributed by atoms with Crippen LogP contribution in [0.25, 0.3) is 22.6 Å². The van der Waals surface area contributed by atoms with Crippen molar-refractivity contribution in [2.45, 2.75) is 70.4 Å². The van der Waals surface area contributed by atoms with Crippen LogP contribution < -0.4 is 10.9 Å². The first-order chi connectivity index (χ1) is 18.1. The normalized spacial score (nSPS) is 14.6. The third kappa shape index (κ3) is 4.87. The van der Waals surface area contributed by atoms with Crippen LogP contribution in [0.5, 0.6) is 0 Å². The van der Waals surface area contributed by atoms with E-state index in [1.54, 1.807) is 17.0 Å². The van der Waals surface area contributed by atoms with E-state index in [9.17, 15) is 13.2 Å². The van der Waals surface area contributed by atoms with Gasteiger partial charge in [0.25, 0.3) is 5.56 Å².